The third-order valence-electron chi connectivity index (χ3n) is 2.79. The highest BCUT2D eigenvalue weighted by atomic mass is 32.1. The Balaban J connectivity index is 2.20. The number of hydrogen-bond donors (Lipinski definition) is 1. The summed E-state index contributed by atoms with van der Waals surface area (Å²) in [5.74, 6) is 0. The predicted octanol–water partition coefficient (Wildman–Crippen LogP) is 4.18. The molecule has 0 radical (unpaired) electrons. The zero-order valence-electron chi connectivity index (χ0n) is 9.70. The molecule has 2 aromatic carbocycles. The molecule has 0 spiro atoms. The molecule has 2 aromatic rings. The van der Waals surface area contributed by atoms with Gasteiger partial charge in [0.2, 0.25) is 0 Å². The summed E-state index contributed by atoms with van der Waals surface area (Å²) in [6, 6.07) is 15.1. The lowest BCUT2D eigenvalue weighted by Gasteiger charge is -2.05. The molecule has 0 N–H and O–H groups in total. The summed E-state index contributed by atoms with van der Waals surface area (Å²) >= 11 is 4.38. The summed E-state index contributed by atoms with van der Waals surface area (Å²) in [5, 5.41) is 0. The van der Waals surface area contributed by atoms with Crippen LogP contribution < -0.4 is 0 Å². The van der Waals surface area contributed by atoms with E-state index in [1.165, 1.54) is 22.3 Å². The normalized spacial score (nSPS) is 10.4. The van der Waals surface area contributed by atoms with Crippen molar-refractivity contribution in [2.75, 3.05) is 0 Å². The highest BCUT2D eigenvalue weighted by Crippen LogP contribution is 2.17. The smallest absolute Gasteiger partial charge is 0.00694 e. The van der Waals surface area contributed by atoms with E-state index < -0.39 is 0 Å². The molecule has 0 fully saturated rings. The van der Waals surface area contributed by atoms with Crippen LogP contribution in [-0.2, 0) is 6.42 Å². The maximum atomic E-state index is 4.38. The van der Waals surface area contributed by atoms with Crippen molar-refractivity contribution in [3.8, 4) is 0 Å². The Hall–Kier alpha value is -1.21. The first-order valence-corrected chi connectivity index (χ1v) is 5.94. The van der Waals surface area contributed by atoms with E-state index in [0.29, 0.717) is 0 Å². The second-order valence-corrected chi connectivity index (χ2v) is 4.77. The van der Waals surface area contributed by atoms with Crippen LogP contribution in [0.4, 0.5) is 0 Å². The van der Waals surface area contributed by atoms with Gasteiger partial charge in [-0.15, -0.1) is 12.6 Å². The zero-order chi connectivity index (χ0) is 11.5. The lowest BCUT2D eigenvalue weighted by molar-refractivity contribution is 1.15. The molecule has 82 valence electrons. The van der Waals surface area contributed by atoms with Crippen LogP contribution >= 0.6 is 12.6 Å². The van der Waals surface area contributed by atoms with E-state index in [2.05, 4.69) is 68.9 Å². The van der Waals surface area contributed by atoms with Gasteiger partial charge in [0.05, 0.1) is 0 Å². The highest BCUT2D eigenvalue weighted by Gasteiger charge is 1.98. The van der Waals surface area contributed by atoms with Gasteiger partial charge in [0.15, 0.2) is 0 Å². The number of benzene rings is 2. The third kappa shape index (κ3) is 2.67. The molecule has 0 aromatic heterocycles. The van der Waals surface area contributed by atoms with Gasteiger partial charge in [-0.25, -0.2) is 0 Å². The van der Waals surface area contributed by atoms with Crippen molar-refractivity contribution in [1.82, 2.24) is 0 Å². The van der Waals surface area contributed by atoms with E-state index in [1.807, 2.05) is 0 Å². The second kappa shape index (κ2) is 4.75. The Morgan fingerprint density at radius 1 is 0.875 bits per heavy atom. The predicted molar refractivity (Wildman–Crippen MR) is 72.4 cm³/mol. The molecule has 0 heterocycles. The van der Waals surface area contributed by atoms with Crippen molar-refractivity contribution < 1.29 is 0 Å². The quantitative estimate of drug-likeness (QED) is 0.732. The minimum atomic E-state index is 0.995. The van der Waals surface area contributed by atoms with Gasteiger partial charge in [-0.05, 0) is 43.0 Å². The maximum Gasteiger partial charge on any atom is 0.00694 e. The number of rotatable bonds is 2. The van der Waals surface area contributed by atoms with Gasteiger partial charge in [0, 0.05) is 4.90 Å². The number of hydrogen-bond acceptors (Lipinski definition) is 1. The summed E-state index contributed by atoms with van der Waals surface area (Å²) < 4.78 is 0. The number of aryl methyl sites for hydroxylation is 2. The Labute approximate surface area is 103 Å². The van der Waals surface area contributed by atoms with E-state index in [0.717, 1.165) is 11.3 Å². The largest absolute Gasteiger partial charge is 0.143 e. The van der Waals surface area contributed by atoms with Crippen LogP contribution in [0.15, 0.2) is 47.4 Å². The molecule has 0 amide bonds. The Bertz CT molecular complexity index is 483. The van der Waals surface area contributed by atoms with E-state index in [4.69, 9.17) is 0 Å². The van der Waals surface area contributed by atoms with Crippen LogP contribution in [0.3, 0.4) is 0 Å². The second-order valence-electron chi connectivity index (χ2n) is 4.28. The molecule has 2 rings (SSSR count). The van der Waals surface area contributed by atoms with Crippen molar-refractivity contribution in [2.45, 2.75) is 25.2 Å². The minimum Gasteiger partial charge on any atom is -0.143 e. The molecule has 0 unspecified atom stereocenters. The molecule has 0 bridgehead atoms. The van der Waals surface area contributed by atoms with Gasteiger partial charge >= 0.3 is 0 Å². The standard InChI is InChI=1S/C15H16S/c1-11-3-5-13(6-4-11)10-14-7-8-15(16)12(2)9-14/h3-9,16H,10H2,1-2H3. The van der Waals surface area contributed by atoms with Crippen LogP contribution in [0.1, 0.15) is 22.3 Å². The lowest BCUT2D eigenvalue weighted by Crippen LogP contribution is -1.89. The Morgan fingerprint density at radius 2 is 1.50 bits per heavy atom. The third-order valence-corrected chi connectivity index (χ3v) is 3.29. The first-order valence-electron chi connectivity index (χ1n) is 5.49. The van der Waals surface area contributed by atoms with Gasteiger partial charge in [0.25, 0.3) is 0 Å². The molecule has 1 heteroatoms. The first-order chi connectivity index (χ1) is 7.65. The molecular weight excluding hydrogens is 212 g/mol. The lowest BCUT2D eigenvalue weighted by atomic mass is 10.0. The summed E-state index contributed by atoms with van der Waals surface area (Å²) in [5.41, 5.74) is 5.26. The van der Waals surface area contributed by atoms with Gasteiger partial charge in [-0.3, -0.25) is 0 Å². The fourth-order valence-electron chi connectivity index (χ4n) is 1.77. The molecule has 0 aliphatic rings. The van der Waals surface area contributed by atoms with E-state index in [-0.39, 0.29) is 0 Å². The minimum absolute atomic E-state index is 0.995. The Morgan fingerprint density at radius 3 is 2.12 bits per heavy atom. The Kier molecular flexibility index (Phi) is 3.35. The summed E-state index contributed by atoms with van der Waals surface area (Å²) in [6.45, 7) is 4.21. The van der Waals surface area contributed by atoms with E-state index in [9.17, 15) is 0 Å². The molecular formula is C15H16S. The summed E-state index contributed by atoms with van der Waals surface area (Å²) in [6.07, 6.45) is 0.995. The van der Waals surface area contributed by atoms with Crippen LogP contribution in [0.2, 0.25) is 0 Å². The van der Waals surface area contributed by atoms with Crippen LogP contribution in [0.25, 0.3) is 0 Å². The average Bonchev–Trinajstić information content (AvgIpc) is 2.27. The number of thiol groups is 1. The van der Waals surface area contributed by atoms with Crippen LogP contribution in [-0.4, -0.2) is 0 Å². The zero-order valence-corrected chi connectivity index (χ0v) is 10.6. The molecule has 0 atom stereocenters. The van der Waals surface area contributed by atoms with Crippen molar-refractivity contribution >= 4 is 12.6 Å². The van der Waals surface area contributed by atoms with Gasteiger partial charge < -0.3 is 0 Å². The SMILES string of the molecule is Cc1ccc(Cc2ccc(S)c(C)c2)cc1. The first kappa shape index (κ1) is 11.3. The van der Waals surface area contributed by atoms with Gasteiger partial charge in [0.1, 0.15) is 0 Å². The topological polar surface area (TPSA) is 0 Å². The highest BCUT2D eigenvalue weighted by molar-refractivity contribution is 7.80. The molecule has 0 aliphatic carbocycles. The molecule has 0 nitrogen and oxygen atoms in total. The summed E-state index contributed by atoms with van der Waals surface area (Å²) in [4.78, 5) is 1.06. The van der Waals surface area contributed by atoms with E-state index >= 15 is 0 Å². The molecule has 0 saturated heterocycles. The van der Waals surface area contributed by atoms with Crippen molar-refractivity contribution in [3.63, 3.8) is 0 Å². The van der Waals surface area contributed by atoms with Gasteiger partial charge in [-0.2, -0.15) is 0 Å². The van der Waals surface area contributed by atoms with Gasteiger partial charge in [-0.1, -0.05) is 42.0 Å². The average molecular weight is 228 g/mol. The molecule has 0 aliphatic heterocycles. The fourth-order valence-corrected chi connectivity index (χ4v) is 1.91. The maximum absolute atomic E-state index is 4.38. The van der Waals surface area contributed by atoms with Crippen molar-refractivity contribution in [2.24, 2.45) is 0 Å². The van der Waals surface area contributed by atoms with E-state index in [1.54, 1.807) is 0 Å². The monoisotopic (exact) mass is 228 g/mol. The van der Waals surface area contributed by atoms with Crippen molar-refractivity contribution in [1.29, 1.82) is 0 Å². The molecule has 0 saturated carbocycles. The fraction of sp³-hybridized carbons (Fsp3) is 0.200. The van der Waals surface area contributed by atoms with Crippen molar-refractivity contribution in [3.05, 3.63) is 64.7 Å². The summed E-state index contributed by atoms with van der Waals surface area (Å²) in [7, 11) is 0. The van der Waals surface area contributed by atoms with Crippen LogP contribution in [0, 0.1) is 13.8 Å². The molecule has 16 heavy (non-hydrogen) atoms. The van der Waals surface area contributed by atoms with Crippen LogP contribution in [0.5, 0.6) is 0 Å².